The van der Waals surface area contributed by atoms with E-state index in [4.69, 9.17) is 10.5 Å². The van der Waals surface area contributed by atoms with Crippen molar-refractivity contribution in [3.8, 4) is 11.6 Å². The molecule has 0 fully saturated rings. The van der Waals surface area contributed by atoms with E-state index in [1.54, 1.807) is 6.07 Å². The van der Waals surface area contributed by atoms with Gasteiger partial charge in [0, 0.05) is 12.6 Å². The Hall–Kier alpha value is -3.01. The van der Waals surface area contributed by atoms with Gasteiger partial charge in [-0.1, -0.05) is 48.5 Å². The second-order valence-electron chi connectivity index (χ2n) is 4.84. The molecule has 0 spiro atoms. The monoisotopic (exact) mass is 291 g/mol. The van der Waals surface area contributed by atoms with Crippen LogP contribution in [0, 0.1) is 0 Å². The molecular weight excluding hydrogens is 274 g/mol. The maximum absolute atomic E-state index is 5.99. The molecule has 2 aromatic carbocycles. The van der Waals surface area contributed by atoms with Gasteiger partial charge in [0.2, 0.25) is 5.88 Å². The molecule has 0 bridgehead atoms. The third-order valence-corrected chi connectivity index (χ3v) is 3.19. The lowest BCUT2D eigenvalue weighted by Crippen LogP contribution is -2.04. The molecule has 0 aliphatic rings. The topological polar surface area (TPSA) is 60.2 Å². The Morgan fingerprint density at radius 1 is 0.864 bits per heavy atom. The van der Waals surface area contributed by atoms with Crippen molar-refractivity contribution in [3.63, 3.8) is 0 Å². The molecule has 0 saturated heterocycles. The summed E-state index contributed by atoms with van der Waals surface area (Å²) in [6.45, 7) is 0.700. The molecule has 22 heavy (non-hydrogen) atoms. The Kier molecular flexibility index (Phi) is 4.20. The largest absolute Gasteiger partial charge is 0.439 e. The highest BCUT2D eigenvalue weighted by molar-refractivity contribution is 5.62. The molecular formula is C18H17N3O. The lowest BCUT2D eigenvalue weighted by molar-refractivity contribution is 0.464. The number of hydrogen-bond acceptors (Lipinski definition) is 4. The number of nitrogens with one attached hydrogen (secondary N) is 1. The van der Waals surface area contributed by atoms with E-state index in [0.717, 1.165) is 11.4 Å². The highest BCUT2D eigenvalue weighted by Gasteiger charge is 2.04. The molecule has 1 heterocycles. The first-order valence-electron chi connectivity index (χ1n) is 7.08. The van der Waals surface area contributed by atoms with E-state index in [2.05, 4.69) is 22.4 Å². The lowest BCUT2D eigenvalue weighted by atomic mass is 10.2. The molecule has 4 nitrogen and oxygen atoms in total. The molecule has 0 atom stereocenters. The van der Waals surface area contributed by atoms with Gasteiger partial charge in [0.15, 0.2) is 5.82 Å². The summed E-state index contributed by atoms with van der Waals surface area (Å²) in [6.07, 6.45) is 0. The van der Waals surface area contributed by atoms with Crippen molar-refractivity contribution in [2.45, 2.75) is 6.54 Å². The van der Waals surface area contributed by atoms with Crippen LogP contribution in [0.15, 0.2) is 72.8 Å². The van der Waals surface area contributed by atoms with Crippen LogP contribution in [0.2, 0.25) is 0 Å². The summed E-state index contributed by atoms with van der Waals surface area (Å²) >= 11 is 0. The fourth-order valence-electron chi connectivity index (χ4n) is 2.06. The van der Waals surface area contributed by atoms with E-state index < -0.39 is 0 Å². The van der Waals surface area contributed by atoms with Crippen LogP contribution in [-0.4, -0.2) is 4.98 Å². The van der Waals surface area contributed by atoms with Gasteiger partial charge in [-0.3, -0.25) is 0 Å². The van der Waals surface area contributed by atoms with E-state index in [-0.39, 0.29) is 0 Å². The third-order valence-electron chi connectivity index (χ3n) is 3.19. The van der Waals surface area contributed by atoms with Crippen LogP contribution in [0.1, 0.15) is 5.56 Å². The molecule has 3 aromatic rings. The number of pyridine rings is 1. The average molecular weight is 291 g/mol. The summed E-state index contributed by atoms with van der Waals surface area (Å²) < 4.78 is 5.66. The summed E-state index contributed by atoms with van der Waals surface area (Å²) in [5, 5.41) is 3.28. The van der Waals surface area contributed by atoms with Crippen molar-refractivity contribution in [2.75, 3.05) is 11.1 Å². The normalized spacial score (nSPS) is 10.2. The zero-order valence-electron chi connectivity index (χ0n) is 12.1. The number of benzene rings is 2. The molecule has 0 amide bonds. The van der Waals surface area contributed by atoms with E-state index in [1.807, 2.05) is 54.6 Å². The Bertz CT molecular complexity index is 730. The maximum Gasteiger partial charge on any atom is 0.221 e. The predicted octanol–water partition coefficient (Wildman–Crippen LogP) is 4.07. The first kappa shape index (κ1) is 13.9. The van der Waals surface area contributed by atoms with Crippen molar-refractivity contribution in [1.82, 2.24) is 4.98 Å². The molecule has 4 heteroatoms. The van der Waals surface area contributed by atoms with Crippen LogP contribution in [0.4, 0.5) is 11.5 Å². The Morgan fingerprint density at radius 2 is 1.55 bits per heavy atom. The molecule has 0 saturated carbocycles. The van der Waals surface area contributed by atoms with Crippen molar-refractivity contribution in [1.29, 1.82) is 0 Å². The van der Waals surface area contributed by atoms with Gasteiger partial charge in [0.1, 0.15) is 5.75 Å². The van der Waals surface area contributed by atoms with E-state index in [9.17, 15) is 0 Å². The van der Waals surface area contributed by atoms with Crippen LogP contribution in [-0.2, 0) is 6.54 Å². The highest BCUT2D eigenvalue weighted by Crippen LogP contribution is 2.24. The molecule has 3 rings (SSSR count). The minimum Gasteiger partial charge on any atom is -0.439 e. The number of nitrogens with two attached hydrogens (primary N) is 1. The first-order valence-corrected chi connectivity index (χ1v) is 7.08. The van der Waals surface area contributed by atoms with Gasteiger partial charge in [-0.15, -0.1) is 0 Å². The molecule has 3 N–H and O–H groups in total. The molecule has 110 valence electrons. The fraction of sp³-hybridized carbons (Fsp3) is 0.0556. The minimum atomic E-state index is 0.421. The Balaban J connectivity index is 1.67. The fourth-order valence-corrected chi connectivity index (χ4v) is 2.06. The number of nitrogen functional groups attached to an aromatic ring is 1. The van der Waals surface area contributed by atoms with Crippen LogP contribution >= 0.6 is 0 Å². The second kappa shape index (κ2) is 6.63. The quantitative estimate of drug-likeness (QED) is 0.744. The number of aromatic nitrogens is 1. The summed E-state index contributed by atoms with van der Waals surface area (Å²) in [5.74, 6) is 1.64. The van der Waals surface area contributed by atoms with Crippen LogP contribution < -0.4 is 15.8 Å². The van der Waals surface area contributed by atoms with E-state index >= 15 is 0 Å². The summed E-state index contributed by atoms with van der Waals surface area (Å²) in [6, 6.07) is 23.3. The average Bonchev–Trinajstić information content (AvgIpc) is 2.56. The third kappa shape index (κ3) is 3.55. The van der Waals surface area contributed by atoms with Crippen LogP contribution in [0.3, 0.4) is 0 Å². The maximum atomic E-state index is 5.99. The van der Waals surface area contributed by atoms with Crippen molar-refractivity contribution < 1.29 is 4.74 Å². The zero-order chi connectivity index (χ0) is 15.2. The predicted molar refractivity (Wildman–Crippen MR) is 88.9 cm³/mol. The van der Waals surface area contributed by atoms with Gasteiger partial charge < -0.3 is 15.8 Å². The van der Waals surface area contributed by atoms with Gasteiger partial charge >= 0.3 is 0 Å². The number of rotatable bonds is 5. The second-order valence-corrected chi connectivity index (χ2v) is 4.84. The minimum absolute atomic E-state index is 0.421. The molecule has 1 aromatic heterocycles. The Labute approximate surface area is 129 Å². The molecule has 0 aliphatic heterocycles. The van der Waals surface area contributed by atoms with Gasteiger partial charge in [0.05, 0.1) is 5.69 Å². The molecule has 0 aliphatic carbocycles. The van der Waals surface area contributed by atoms with Gasteiger partial charge in [-0.2, -0.15) is 4.98 Å². The molecule has 0 unspecified atom stereocenters. The summed E-state index contributed by atoms with van der Waals surface area (Å²) in [5.41, 5.74) is 7.97. The van der Waals surface area contributed by atoms with Crippen LogP contribution in [0.25, 0.3) is 0 Å². The smallest absolute Gasteiger partial charge is 0.221 e. The summed E-state index contributed by atoms with van der Waals surface area (Å²) in [4.78, 5) is 4.27. The van der Waals surface area contributed by atoms with Crippen LogP contribution in [0.5, 0.6) is 11.6 Å². The summed E-state index contributed by atoms with van der Waals surface area (Å²) in [7, 11) is 0. The lowest BCUT2D eigenvalue weighted by Gasteiger charge is -2.10. The number of para-hydroxylation sites is 1. The molecule has 0 radical (unpaired) electrons. The van der Waals surface area contributed by atoms with Gasteiger partial charge in [-0.05, 0) is 23.8 Å². The Morgan fingerprint density at radius 3 is 2.23 bits per heavy atom. The van der Waals surface area contributed by atoms with E-state index in [1.165, 1.54) is 5.56 Å². The van der Waals surface area contributed by atoms with Crippen molar-refractivity contribution in [2.24, 2.45) is 0 Å². The number of nitrogens with zero attached hydrogens (tertiary/aromatic N) is 1. The number of ether oxygens (including phenoxy) is 1. The van der Waals surface area contributed by atoms with Gasteiger partial charge in [0.25, 0.3) is 0 Å². The van der Waals surface area contributed by atoms with Crippen molar-refractivity contribution >= 4 is 11.5 Å². The standard InChI is InChI=1S/C18H17N3O/c19-18-16(20-13-14-7-3-1-4-8-14)11-12-17(21-18)22-15-9-5-2-6-10-15/h1-12,20H,13H2,(H2,19,21). The van der Waals surface area contributed by atoms with E-state index in [0.29, 0.717) is 18.2 Å². The first-order chi connectivity index (χ1) is 10.8. The van der Waals surface area contributed by atoms with Gasteiger partial charge in [-0.25, -0.2) is 0 Å². The highest BCUT2D eigenvalue weighted by atomic mass is 16.5. The SMILES string of the molecule is Nc1nc(Oc2ccccc2)ccc1NCc1ccccc1. The number of anilines is 2. The number of hydrogen-bond donors (Lipinski definition) is 2. The van der Waals surface area contributed by atoms with Crippen molar-refractivity contribution in [3.05, 3.63) is 78.4 Å². The zero-order valence-corrected chi connectivity index (χ0v) is 12.1.